The second kappa shape index (κ2) is 7.89. The molecule has 0 aliphatic heterocycles. The molecule has 0 radical (unpaired) electrons. The first-order chi connectivity index (χ1) is 14.0. The van der Waals surface area contributed by atoms with Gasteiger partial charge in [0.15, 0.2) is 11.6 Å². The lowest BCUT2D eigenvalue weighted by atomic mass is 10.3. The maximum atomic E-state index is 14.0. The number of benzene rings is 1. The number of hydrogen-bond acceptors (Lipinski definition) is 7. The van der Waals surface area contributed by atoms with E-state index in [2.05, 4.69) is 10.1 Å². The van der Waals surface area contributed by atoms with Gasteiger partial charge >= 0.3 is 5.88 Å². The molecule has 0 bridgehead atoms. The van der Waals surface area contributed by atoms with Gasteiger partial charge in [-0.15, -0.1) is 22.7 Å². The summed E-state index contributed by atoms with van der Waals surface area (Å²) in [6.45, 7) is 0. The smallest absolute Gasteiger partial charge is 0.400 e. The predicted octanol–water partition coefficient (Wildman–Crippen LogP) is 5.17. The van der Waals surface area contributed by atoms with Crippen molar-refractivity contribution < 1.29 is 18.1 Å². The fourth-order valence-corrected chi connectivity index (χ4v) is 4.02. The minimum atomic E-state index is -0.798. The van der Waals surface area contributed by atoms with E-state index < -0.39 is 22.4 Å². The van der Waals surface area contributed by atoms with Crippen LogP contribution < -0.4 is 4.80 Å². The number of thiazole rings is 1. The van der Waals surface area contributed by atoms with Crippen LogP contribution in [0, 0.1) is 21.7 Å². The molecular weight excluding hydrogens is 422 g/mol. The van der Waals surface area contributed by atoms with Crippen molar-refractivity contribution in [2.45, 2.75) is 0 Å². The summed E-state index contributed by atoms with van der Waals surface area (Å²) < 4.78 is 33.7. The molecule has 0 saturated carbocycles. The highest BCUT2D eigenvalue weighted by molar-refractivity contribution is 7.14. The number of halogens is 2. The Labute approximate surface area is 169 Å². The minimum Gasteiger partial charge on any atom is -0.400 e. The average Bonchev–Trinajstić information content (AvgIpc) is 3.43. The molecule has 11 heteroatoms. The van der Waals surface area contributed by atoms with E-state index in [0.29, 0.717) is 10.5 Å². The molecule has 3 heterocycles. The van der Waals surface area contributed by atoms with Crippen LogP contribution in [0.25, 0.3) is 10.6 Å². The van der Waals surface area contributed by atoms with E-state index in [1.54, 1.807) is 5.38 Å². The molecule has 4 rings (SSSR count). The highest BCUT2D eigenvalue weighted by Gasteiger charge is 2.12. The lowest BCUT2D eigenvalue weighted by molar-refractivity contribution is -0.402. The molecular formula is C18H10F2N4O3S2. The quantitative estimate of drug-likeness (QED) is 0.248. The molecule has 0 spiro atoms. The van der Waals surface area contributed by atoms with Crippen LogP contribution in [-0.4, -0.2) is 15.8 Å². The molecule has 7 nitrogen and oxygen atoms in total. The number of thiophene rings is 1. The van der Waals surface area contributed by atoms with Gasteiger partial charge in [-0.1, -0.05) is 6.07 Å². The van der Waals surface area contributed by atoms with E-state index >= 15 is 0 Å². The number of furan rings is 1. The first kappa shape index (κ1) is 18.9. The molecule has 3 aromatic heterocycles. The van der Waals surface area contributed by atoms with E-state index in [4.69, 9.17) is 4.42 Å². The summed E-state index contributed by atoms with van der Waals surface area (Å²) in [6.07, 6.45) is 1.30. The summed E-state index contributed by atoms with van der Waals surface area (Å²) in [6, 6.07) is 9.50. The molecule has 1 aromatic carbocycles. The fraction of sp³-hybridized carbons (Fsp3) is 0. The Morgan fingerprint density at radius 3 is 2.72 bits per heavy atom. The zero-order valence-corrected chi connectivity index (χ0v) is 16.0. The molecule has 0 fully saturated rings. The normalized spacial score (nSPS) is 12.1. The third kappa shape index (κ3) is 4.05. The number of rotatable bonds is 5. The van der Waals surface area contributed by atoms with Gasteiger partial charge < -0.3 is 4.42 Å². The predicted molar refractivity (Wildman–Crippen MR) is 106 cm³/mol. The molecule has 0 atom stereocenters. The molecule has 0 aliphatic rings. The molecule has 0 aliphatic carbocycles. The van der Waals surface area contributed by atoms with Crippen molar-refractivity contribution in [3.8, 4) is 10.6 Å². The zero-order valence-electron chi connectivity index (χ0n) is 14.4. The SMILES string of the molecule is O=[N+]([O-])c1ccc(C=Nn2c(-c3cccs3)csc2=Nc2ccc(F)cc2F)o1. The van der Waals surface area contributed by atoms with Crippen molar-refractivity contribution in [2.75, 3.05) is 0 Å². The van der Waals surface area contributed by atoms with E-state index in [9.17, 15) is 18.9 Å². The van der Waals surface area contributed by atoms with Crippen LogP contribution >= 0.6 is 22.7 Å². The van der Waals surface area contributed by atoms with Crippen LogP contribution in [0.2, 0.25) is 0 Å². The van der Waals surface area contributed by atoms with Gasteiger partial charge in [0.1, 0.15) is 16.4 Å². The van der Waals surface area contributed by atoms with Gasteiger partial charge in [0.2, 0.25) is 4.80 Å². The summed E-state index contributed by atoms with van der Waals surface area (Å²) in [4.78, 5) is 15.6. The minimum absolute atomic E-state index is 0.0384. The summed E-state index contributed by atoms with van der Waals surface area (Å²) in [7, 11) is 0. The third-order valence-corrected chi connectivity index (χ3v) is 5.39. The Morgan fingerprint density at radius 2 is 2.03 bits per heavy atom. The average molecular weight is 432 g/mol. The van der Waals surface area contributed by atoms with E-state index in [0.717, 1.165) is 17.0 Å². The standard InChI is InChI=1S/C18H10F2N4O3S2/c19-11-3-5-14(13(20)8-11)22-18-23(15(10-29-18)16-2-1-7-28-16)21-9-12-4-6-17(27-12)24(25)26/h1-10H. The molecule has 0 unspecified atom stereocenters. The summed E-state index contributed by atoms with van der Waals surface area (Å²) in [5.74, 6) is -1.73. The Morgan fingerprint density at radius 1 is 1.17 bits per heavy atom. The Bertz CT molecular complexity index is 1270. The number of nitro groups is 1. The van der Waals surface area contributed by atoms with Crippen LogP contribution in [-0.2, 0) is 0 Å². The van der Waals surface area contributed by atoms with E-state index in [1.807, 2.05) is 17.5 Å². The van der Waals surface area contributed by atoms with Crippen molar-refractivity contribution in [3.05, 3.63) is 85.5 Å². The van der Waals surface area contributed by atoms with Crippen molar-refractivity contribution in [3.63, 3.8) is 0 Å². The number of nitrogens with zero attached hydrogens (tertiary/aromatic N) is 4. The monoisotopic (exact) mass is 432 g/mol. The topological polar surface area (TPSA) is 85.9 Å². The van der Waals surface area contributed by atoms with Crippen LogP contribution in [0.4, 0.5) is 20.4 Å². The maximum absolute atomic E-state index is 14.0. The molecule has 29 heavy (non-hydrogen) atoms. The van der Waals surface area contributed by atoms with Gasteiger partial charge in [0.05, 0.1) is 22.9 Å². The molecule has 146 valence electrons. The van der Waals surface area contributed by atoms with Crippen LogP contribution in [0.3, 0.4) is 0 Å². The van der Waals surface area contributed by atoms with Crippen molar-refractivity contribution in [1.82, 2.24) is 4.68 Å². The van der Waals surface area contributed by atoms with Crippen molar-refractivity contribution in [2.24, 2.45) is 10.1 Å². The Hall–Kier alpha value is -3.44. The molecule has 4 aromatic rings. The number of hydrogen-bond donors (Lipinski definition) is 0. The maximum Gasteiger partial charge on any atom is 0.433 e. The number of aromatic nitrogens is 1. The first-order valence-electron chi connectivity index (χ1n) is 8.04. The zero-order chi connectivity index (χ0) is 20.4. The van der Waals surface area contributed by atoms with Gasteiger partial charge in [-0.2, -0.15) is 5.10 Å². The van der Waals surface area contributed by atoms with Gasteiger partial charge in [-0.25, -0.2) is 18.4 Å². The van der Waals surface area contributed by atoms with Crippen LogP contribution in [0.5, 0.6) is 0 Å². The van der Waals surface area contributed by atoms with Gasteiger partial charge in [0, 0.05) is 11.4 Å². The van der Waals surface area contributed by atoms with Crippen molar-refractivity contribution in [1.29, 1.82) is 0 Å². The van der Waals surface area contributed by atoms with Crippen LogP contribution in [0.1, 0.15) is 5.76 Å². The summed E-state index contributed by atoms with van der Waals surface area (Å²) in [5, 5.41) is 18.8. The van der Waals surface area contributed by atoms with E-state index in [-0.39, 0.29) is 11.4 Å². The highest BCUT2D eigenvalue weighted by atomic mass is 32.1. The second-order valence-corrected chi connectivity index (χ2v) is 7.36. The Kier molecular flexibility index (Phi) is 5.14. The Balaban J connectivity index is 1.81. The lowest BCUT2D eigenvalue weighted by Gasteiger charge is -2.01. The van der Waals surface area contributed by atoms with E-state index in [1.165, 1.54) is 51.8 Å². The fourth-order valence-electron chi connectivity index (χ4n) is 2.38. The molecule has 0 saturated heterocycles. The second-order valence-electron chi connectivity index (χ2n) is 5.58. The summed E-state index contributed by atoms with van der Waals surface area (Å²) in [5.41, 5.74) is 0.659. The highest BCUT2D eigenvalue weighted by Crippen LogP contribution is 2.26. The van der Waals surface area contributed by atoms with Gasteiger partial charge in [-0.3, -0.25) is 10.1 Å². The molecule has 0 N–H and O–H groups in total. The lowest BCUT2D eigenvalue weighted by Crippen LogP contribution is -2.11. The third-order valence-electron chi connectivity index (χ3n) is 3.68. The summed E-state index contributed by atoms with van der Waals surface area (Å²) >= 11 is 2.70. The largest absolute Gasteiger partial charge is 0.433 e. The molecule has 0 amide bonds. The first-order valence-corrected chi connectivity index (χ1v) is 9.80. The van der Waals surface area contributed by atoms with Crippen molar-refractivity contribution >= 4 is 40.5 Å². The van der Waals surface area contributed by atoms with Crippen LogP contribution in [0.15, 0.2) is 67.7 Å². The van der Waals surface area contributed by atoms with Gasteiger partial charge in [-0.05, 0) is 29.6 Å². The van der Waals surface area contributed by atoms with Gasteiger partial charge in [0.25, 0.3) is 0 Å².